The average molecular weight is 329 g/mol. The van der Waals surface area contributed by atoms with Crippen LogP contribution >= 0.6 is 0 Å². The van der Waals surface area contributed by atoms with Gasteiger partial charge in [0, 0.05) is 36.0 Å². The number of nitrogens with zero attached hydrogens (tertiary/aromatic N) is 2. The number of hydrogen-bond acceptors (Lipinski definition) is 3. The van der Waals surface area contributed by atoms with Gasteiger partial charge in [0.25, 0.3) is 0 Å². The molecule has 25 heavy (non-hydrogen) atoms. The summed E-state index contributed by atoms with van der Waals surface area (Å²) in [5.74, 6) is -0.279. The zero-order valence-corrected chi connectivity index (χ0v) is 13.7. The highest BCUT2D eigenvalue weighted by Gasteiger charge is 2.17. The van der Waals surface area contributed by atoms with E-state index in [4.69, 9.17) is 4.98 Å². The minimum atomic E-state index is -0.279. The summed E-state index contributed by atoms with van der Waals surface area (Å²) in [6.07, 6.45) is 3.50. The number of aromatic nitrogens is 2. The topological polar surface area (TPSA) is 37.8 Å². The van der Waals surface area contributed by atoms with Gasteiger partial charge < -0.3 is 5.32 Å². The maximum Gasteiger partial charge on any atom is 0.124 e. The van der Waals surface area contributed by atoms with Crippen molar-refractivity contribution >= 4 is 16.6 Å². The zero-order valence-electron chi connectivity index (χ0n) is 13.7. The molecule has 4 aromatic rings. The lowest BCUT2D eigenvalue weighted by molar-refractivity contribution is 0.629. The van der Waals surface area contributed by atoms with Crippen molar-refractivity contribution in [3.63, 3.8) is 0 Å². The van der Waals surface area contributed by atoms with Crippen LogP contribution in [0, 0.1) is 5.82 Å². The molecule has 0 unspecified atom stereocenters. The second-order valence-electron chi connectivity index (χ2n) is 5.72. The van der Waals surface area contributed by atoms with E-state index in [0.717, 1.165) is 39.0 Å². The van der Waals surface area contributed by atoms with Gasteiger partial charge in [-0.25, -0.2) is 9.37 Å². The van der Waals surface area contributed by atoms with Crippen molar-refractivity contribution in [2.45, 2.75) is 0 Å². The van der Waals surface area contributed by atoms with Crippen molar-refractivity contribution in [3.05, 3.63) is 78.9 Å². The standard InChI is InChI=1S/C21H16FN3/c1-23-21-17-13-16(22)7-8-18(17)25-20(15-5-3-2-4-6-15)19(21)14-9-11-24-12-10-14/h2-13H,1H3,(H,23,25). The molecule has 2 aromatic heterocycles. The fourth-order valence-corrected chi connectivity index (χ4v) is 3.10. The van der Waals surface area contributed by atoms with Gasteiger partial charge in [0.15, 0.2) is 0 Å². The number of hydrogen-bond donors (Lipinski definition) is 1. The Kier molecular flexibility index (Phi) is 3.86. The van der Waals surface area contributed by atoms with Crippen LogP contribution in [-0.2, 0) is 0 Å². The van der Waals surface area contributed by atoms with E-state index in [9.17, 15) is 4.39 Å². The van der Waals surface area contributed by atoms with E-state index in [1.165, 1.54) is 12.1 Å². The van der Waals surface area contributed by atoms with E-state index in [1.807, 2.05) is 49.5 Å². The molecule has 0 fully saturated rings. The Morgan fingerprint density at radius 2 is 1.64 bits per heavy atom. The van der Waals surface area contributed by atoms with Gasteiger partial charge >= 0.3 is 0 Å². The fraction of sp³-hybridized carbons (Fsp3) is 0.0476. The first kappa shape index (κ1) is 15.3. The first-order valence-electron chi connectivity index (χ1n) is 8.05. The molecule has 0 atom stereocenters. The Morgan fingerprint density at radius 1 is 0.880 bits per heavy atom. The summed E-state index contributed by atoms with van der Waals surface area (Å²) in [5, 5.41) is 4.01. The lowest BCUT2D eigenvalue weighted by Gasteiger charge is -2.17. The lowest BCUT2D eigenvalue weighted by atomic mass is 9.95. The minimum absolute atomic E-state index is 0.279. The smallest absolute Gasteiger partial charge is 0.124 e. The number of rotatable bonds is 3. The van der Waals surface area contributed by atoms with Crippen LogP contribution in [-0.4, -0.2) is 17.0 Å². The molecular formula is C21H16FN3. The van der Waals surface area contributed by atoms with Crippen LogP contribution in [0.5, 0.6) is 0 Å². The SMILES string of the molecule is CNc1c(-c2ccncc2)c(-c2ccccc2)nc2ccc(F)cc12. The fourth-order valence-electron chi connectivity index (χ4n) is 3.10. The van der Waals surface area contributed by atoms with E-state index in [2.05, 4.69) is 10.3 Å². The van der Waals surface area contributed by atoms with E-state index < -0.39 is 0 Å². The van der Waals surface area contributed by atoms with Gasteiger partial charge in [-0.1, -0.05) is 30.3 Å². The maximum atomic E-state index is 13.8. The summed E-state index contributed by atoms with van der Waals surface area (Å²) in [6.45, 7) is 0. The molecule has 0 saturated heterocycles. The van der Waals surface area contributed by atoms with Gasteiger partial charge in [-0.3, -0.25) is 4.98 Å². The van der Waals surface area contributed by atoms with Crippen LogP contribution < -0.4 is 5.32 Å². The summed E-state index contributed by atoms with van der Waals surface area (Å²) >= 11 is 0. The molecule has 2 aromatic carbocycles. The zero-order chi connectivity index (χ0) is 17.2. The molecule has 122 valence electrons. The second kappa shape index (κ2) is 6.32. The van der Waals surface area contributed by atoms with Crippen molar-refractivity contribution in [2.24, 2.45) is 0 Å². The van der Waals surface area contributed by atoms with Gasteiger partial charge in [-0.05, 0) is 35.9 Å². The molecular weight excluding hydrogens is 313 g/mol. The Hall–Kier alpha value is -3.27. The van der Waals surface area contributed by atoms with Crippen LogP contribution in [0.15, 0.2) is 73.1 Å². The Morgan fingerprint density at radius 3 is 2.36 bits per heavy atom. The molecule has 0 radical (unpaired) electrons. The highest BCUT2D eigenvalue weighted by atomic mass is 19.1. The van der Waals surface area contributed by atoms with E-state index in [1.54, 1.807) is 18.5 Å². The molecule has 4 heteroatoms. The Balaban J connectivity index is 2.14. The number of halogens is 1. The Bertz CT molecular complexity index is 1030. The lowest BCUT2D eigenvalue weighted by Crippen LogP contribution is -2.00. The van der Waals surface area contributed by atoms with Crippen LogP contribution in [0.4, 0.5) is 10.1 Å². The molecule has 0 spiro atoms. The summed E-state index contributed by atoms with van der Waals surface area (Å²) in [4.78, 5) is 8.95. The summed E-state index contributed by atoms with van der Waals surface area (Å²) in [6, 6.07) is 18.6. The van der Waals surface area contributed by atoms with E-state index in [-0.39, 0.29) is 5.82 Å². The second-order valence-corrected chi connectivity index (χ2v) is 5.72. The third-order valence-corrected chi connectivity index (χ3v) is 4.21. The first-order valence-corrected chi connectivity index (χ1v) is 8.05. The molecule has 0 bridgehead atoms. The van der Waals surface area contributed by atoms with Crippen LogP contribution in [0.2, 0.25) is 0 Å². The highest BCUT2D eigenvalue weighted by Crippen LogP contribution is 2.40. The molecule has 1 N–H and O–H groups in total. The van der Waals surface area contributed by atoms with Crippen LogP contribution in [0.3, 0.4) is 0 Å². The number of fused-ring (bicyclic) bond motifs is 1. The van der Waals surface area contributed by atoms with Crippen molar-refractivity contribution < 1.29 is 4.39 Å². The van der Waals surface area contributed by atoms with Crippen LogP contribution in [0.25, 0.3) is 33.3 Å². The van der Waals surface area contributed by atoms with Crippen molar-refractivity contribution in [3.8, 4) is 22.4 Å². The summed E-state index contributed by atoms with van der Waals surface area (Å²) in [5.41, 5.74) is 5.40. The first-order chi connectivity index (χ1) is 12.3. The van der Waals surface area contributed by atoms with Gasteiger partial charge in [0.2, 0.25) is 0 Å². The van der Waals surface area contributed by atoms with Gasteiger partial charge in [0.1, 0.15) is 5.82 Å². The third kappa shape index (κ3) is 2.72. The molecule has 0 amide bonds. The Labute approximate surface area is 145 Å². The number of pyridine rings is 2. The van der Waals surface area contributed by atoms with Gasteiger partial charge in [-0.2, -0.15) is 0 Å². The number of nitrogens with one attached hydrogen (secondary N) is 1. The van der Waals surface area contributed by atoms with Crippen molar-refractivity contribution in [1.82, 2.24) is 9.97 Å². The predicted molar refractivity (Wildman–Crippen MR) is 99.9 cm³/mol. The summed E-state index contributed by atoms with van der Waals surface area (Å²) in [7, 11) is 1.85. The van der Waals surface area contributed by atoms with Crippen molar-refractivity contribution in [1.29, 1.82) is 0 Å². The van der Waals surface area contributed by atoms with Gasteiger partial charge in [-0.15, -0.1) is 0 Å². The average Bonchev–Trinajstić information content (AvgIpc) is 2.68. The molecule has 3 nitrogen and oxygen atoms in total. The molecule has 0 aliphatic rings. The van der Waals surface area contributed by atoms with Crippen molar-refractivity contribution in [2.75, 3.05) is 12.4 Å². The molecule has 2 heterocycles. The largest absolute Gasteiger partial charge is 0.387 e. The minimum Gasteiger partial charge on any atom is -0.387 e. The monoisotopic (exact) mass is 329 g/mol. The van der Waals surface area contributed by atoms with E-state index >= 15 is 0 Å². The normalized spacial score (nSPS) is 10.8. The highest BCUT2D eigenvalue weighted by molar-refractivity contribution is 6.04. The van der Waals surface area contributed by atoms with Gasteiger partial charge in [0.05, 0.1) is 16.9 Å². The quantitative estimate of drug-likeness (QED) is 0.565. The third-order valence-electron chi connectivity index (χ3n) is 4.21. The number of anilines is 1. The van der Waals surface area contributed by atoms with Crippen LogP contribution in [0.1, 0.15) is 0 Å². The number of benzene rings is 2. The molecule has 0 aliphatic carbocycles. The molecule has 4 rings (SSSR count). The molecule has 0 saturated carbocycles. The molecule has 0 aliphatic heterocycles. The predicted octanol–water partition coefficient (Wildman–Crippen LogP) is 5.14. The maximum absolute atomic E-state index is 13.8. The van der Waals surface area contributed by atoms with E-state index in [0.29, 0.717) is 0 Å². The summed E-state index contributed by atoms with van der Waals surface area (Å²) < 4.78 is 13.8.